The van der Waals surface area contributed by atoms with Gasteiger partial charge in [-0.3, -0.25) is 4.79 Å². The van der Waals surface area contributed by atoms with E-state index >= 15 is 0 Å². The number of halogens is 4. The predicted molar refractivity (Wildman–Crippen MR) is 92.5 cm³/mol. The quantitative estimate of drug-likeness (QED) is 0.231. The van der Waals surface area contributed by atoms with Gasteiger partial charge in [-0.25, -0.2) is 8.78 Å². The van der Waals surface area contributed by atoms with Gasteiger partial charge in [-0.2, -0.15) is 0 Å². The summed E-state index contributed by atoms with van der Waals surface area (Å²) in [5.74, 6) is -4.63. The molecule has 0 N–H and O–H groups in total. The van der Waals surface area contributed by atoms with Crippen LogP contribution in [0.5, 0.6) is 0 Å². The second kappa shape index (κ2) is 12.7. The summed E-state index contributed by atoms with van der Waals surface area (Å²) in [7, 11) is 0. The maximum Gasteiger partial charge on any atom is 1.00 e. The molecule has 0 aliphatic carbocycles. The molecule has 0 amide bonds. The van der Waals surface area contributed by atoms with E-state index in [2.05, 4.69) is 4.74 Å². The molecule has 2 rings (SSSR count). The van der Waals surface area contributed by atoms with Crippen molar-refractivity contribution in [1.82, 2.24) is 0 Å². The van der Waals surface area contributed by atoms with E-state index in [0.29, 0.717) is 5.56 Å². The summed E-state index contributed by atoms with van der Waals surface area (Å²) in [6.07, 6.45) is -7.28. The zero-order chi connectivity index (χ0) is 20.4. The van der Waals surface area contributed by atoms with Gasteiger partial charge < -0.3 is 23.0 Å². The molecule has 2 atom stereocenters. The zero-order valence-electron chi connectivity index (χ0n) is 15.8. The number of carbonyl (C=O) groups excluding carboxylic acids is 1. The van der Waals surface area contributed by atoms with Crippen LogP contribution in [0.15, 0.2) is 60.7 Å². The minimum absolute atomic E-state index is 0. The molecule has 0 saturated heterocycles. The normalized spacial score (nSPS) is 13.4. The van der Waals surface area contributed by atoms with Gasteiger partial charge in [0.05, 0.1) is 26.2 Å². The van der Waals surface area contributed by atoms with Crippen LogP contribution in [-0.2, 0) is 32.2 Å². The van der Waals surface area contributed by atoms with E-state index in [9.17, 15) is 22.4 Å². The third-order valence-corrected chi connectivity index (χ3v) is 3.84. The maximum absolute atomic E-state index is 14.1. The van der Waals surface area contributed by atoms with Gasteiger partial charge in [0, 0.05) is 0 Å². The van der Waals surface area contributed by atoms with Crippen molar-refractivity contribution in [3.63, 3.8) is 0 Å². The van der Waals surface area contributed by atoms with Gasteiger partial charge in [-0.15, -0.1) is 0 Å². The Morgan fingerprint density at radius 1 is 0.931 bits per heavy atom. The molecule has 0 aliphatic heterocycles. The van der Waals surface area contributed by atoms with Crippen LogP contribution in [0.1, 0.15) is 11.1 Å². The van der Waals surface area contributed by atoms with Gasteiger partial charge in [0.2, 0.25) is 5.92 Å². The standard InChI is InChI=1S/C20H19F4O4.Li/c21-19(22)20(23,24)18(27-12-16-9-5-2-6-10-16)17(28-14-25)13-26-11-15-7-3-1-4-8-15;/h1-10,14,17-18H,11-13H2;/q-1;+1/t17-,18-;/m1./s1. The van der Waals surface area contributed by atoms with Gasteiger partial charge in [0.25, 0.3) is 6.47 Å². The van der Waals surface area contributed by atoms with Crippen molar-refractivity contribution in [1.29, 1.82) is 0 Å². The van der Waals surface area contributed by atoms with Gasteiger partial charge in [-0.05, 0) is 11.1 Å². The number of benzene rings is 2. The molecule has 0 aromatic heterocycles. The number of alkyl halides is 2. The number of hydrogen-bond donors (Lipinski definition) is 0. The minimum atomic E-state index is -4.63. The van der Waals surface area contributed by atoms with Gasteiger partial charge in [0.15, 0.2) is 6.10 Å². The number of carbonyl (C=O) groups is 1. The van der Waals surface area contributed by atoms with Crippen LogP contribution in [0.2, 0.25) is 0 Å². The Labute approximate surface area is 178 Å². The van der Waals surface area contributed by atoms with Crippen LogP contribution in [0.3, 0.4) is 0 Å². The van der Waals surface area contributed by atoms with Crippen LogP contribution >= 0.6 is 0 Å². The summed E-state index contributed by atoms with van der Waals surface area (Å²) in [6.45, 7) is -0.984. The van der Waals surface area contributed by atoms with Crippen molar-refractivity contribution in [2.45, 2.75) is 31.3 Å². The molecule has 2 aromatic rings. The van der Waals surface area contributed by atoms with E-state index < -0.39 is 31.2 Å². The molecular weight excluding hydrogens is 387 g/mol. The molecule has 0 fully saturated rings. The molecule has 0 aliphatic rings. The van der Waals surface area contributed by atoms with E-state index in [1.54, 1.807) is 60.7 Å². The summed E-state index contributed by atoms with van der Waals surface area (Å²) >= 11 is 0. The number of rotatable bonds is 12. The van der Waals surface area contributed by atoms with E-state index in [-0.39, 0.29) is 38.5 Å². The Kier molecular flexibility index (Phi) is 11.0. The summed E-state index contributed by atoms with van der Waals surface area (Å²) in [5.41, 5.74) is 1.24. The second-order valence-corrected chi connectivity index (χ2v) is 5.87. The Hall–Kier alpha value is -1.85. The SMILES string of the molecule is O=CO[C@H](COCc1ccccc1)[C@@H](OCc1ccccc1)C(F)(F)[C-](F)F.[Li+]. The first-order valence-electron chi connectivity index (χ1n) is 8.37. The van der Waals surface area contributed by atoms with E-state index in [1.165, 1.54) is 0 Å². The molecule has 0 saturated carbocycles. The van der Waals surface area contributed by atoms with E-state index in [0.717, 1.165) is 5.56 Å². The first-order valence-corrected chi connectivity index (χ1v) is 8.37. The maximum atomic E-state index is 14.1. The molecule has 2 aromatic carbocycles. The van der Waals surface area contributed by atoms with Crippen LogP contribution in [0.25, 0.3) is 0 Å². The van der Waals surface area contributed by atoms with Crippen LogP contribution in [0.4, 0.5) is 17.6 Å². The Morgan fingerprint density at radius 3 is 1.93 bits per heavy atom. The van der Waals surface area contributed by atoms with Crippen molar-refractivity contribution < 1.29 is 55.4 Å². The second-order valence-electron chi connectivity index (χ2n) is 5.87. The molecule has 152 valence electrons. The largest absolute Gasteiger partial charge is 1.00 e. The number of ether oxygens (including phenoxy) is 3. The van der Waals surface area contributed by atoms with Crippen molar-refractivity contribution in [2.75, 3.05) is 6.61 Å². The van der Waals surface area contributed by atoms with Gasteiger partial charge in [0.1, 0.15) is 6.10 Å². The monoisotopic (exact) mass is 406 g/mol. The average molecular weight is 406 g/mol. The van der Waals surface area contributed by atoms with Crippen LogP contribution in [-0.4, -0.2) is 31.2 Å². The first kappa shape index (κ1) is 25.2. The van der Waals surface area contributed by atoms with E-state index in [1.807, 2.05) is 0 Å². The van der Waals surface area contributed by atoms with Crippen molar-refractivity contribution in [3.8, 4) is 0 Å². The third kappa shape index (κ3) is 7.82. The molecule has 0 heterocycles. The third-order valence-electron chi connectivity index (χ3n) is 3.84. The molecule has 0 radical (unpaired) electrons. The Morgan fingerprint density at radius 2 is 1.45 bits per heavy atom. The van der Waals surface area contributed by atoms with Crippen molar-refractivity contribution in [3.05, 3.63) is 78.2 Å². The van der Waals surface area contributed by atoms with Gasteiger partial charge >= 0.3 is 18.9 Å². The predicted octanol–water partition coefficient (Wildman–Crippen LogP) is 1.40. The minimum Gasteiger partial charge on any atom is -0.459 e. The topological polar surface area (TPSA) is 44.8 Å². The first-order chi connectivity index (χ1) is 13.4. The zero-order valence-corrected chi connectivity index (χ0v) is 15.8. The molecule has 9 heteroatoms. The van der Waals surface area contributed by atoms with E-state index in [4.69, 9.17) is 9.47 Å². The van der Waals surface area contributed by atoms with Gasteiger partial charge in [-0.1, -0.05) is 60.7 Å². The Bertz CT molecular complexity index is 704. The fourth-order valence-corrected chi connectivity index (χ4v) is 2.45. The molecule has 0 spiro atoms. The molecule has 0 bridgehead atoms. The summed E-state index contributed by atoms with van der Waals surface area (Å²) < 4.78 is 68.9. The molecule has 0 unspecified atom stereocenters. The summed E-state index contributed by atoms with van der Waals surface area (Å²) in [6, 6.07) is 17.0. The summed E-state index contributed by atoms with van der Waals surface area (Å²) in [5, 5.41) is 0. The molecule has 4 nitrogen and oxygen atoms in total. The smallest absolute Gasteiger partial charge is 0.459 e. The molecule has 29 heavy (non-hydrogen) atoms. The fourth-order valence-electron chi connectivity index (χ4n) is 2.45. The van der Waals surface area contributed by atoms with Crippen molar-refractivity contribution >= 4 is 6.47 Å². The molecular formula is C20H19F4LiO4. The van der Waals surface area contributed by atoms with Crippen LogP contribution in [0, 0.1) is 6.43 Å². The summed E-state index contributed by atoms with van der Waals surface area (Å²) in [4.78, 5) is 10.8. The fraction of sp³-hybridized carbons (Fsp3) is 0.300. The number of hydrogen-bond acceptors (Lipinski definition) is 4. The average Bonchev–Trinajstić information content (AvgIpc) is 2.69. The van der Waals surface area contributed by atoms with Crippen LogP contribution < -0.4 is 18.9 Å². The van der Waals surface area contributed by atoms with Crippen molar-refractivity contribution in [2.24, 2.45) is 0 Å². The Balaban J connectivity index is 0.00000420.